The van der Waals surface area contributed by atoms with E-state index in [4.69, 9.17) is 20.9 Å². The molecule has 0 spiro atoms. The largest absolute Gasteiger partial charge is 0.449 e. The Morgan fingerprint density at radius 2 is 1.27 bits per heavy atom. The number of carbonyl (C=O) groups excluding carboxylic acids is 2. The fourth-order valence-electron chi connectivity index (χ4n) is 1.68. The third-order valence-corrected chi connectivity index (χ3v) is 3.56. The summed E-state index contributed by atoms with van der Waals surface area (Å²) in [6.45, 7) is 6.04. The molecule has 0 aromatic heterocycles. The van der Waals surface area contributed by atoms with E-state index in [0.717, 1.165) is 6.42 Å². The number of amides is 2. The normalized spacial score (nSPS) is 11.6. The molecule has 0 radical (unpaired) electrons. The molecule has 0 fully saturated rings. The van der Waals surface area contributed by atoms with Crippen LogP contribution in [-0.4, -0.2) is 25.4 Å². The molecule has 0 bridgehead atoms. The lowest BCUT2D eigenvalue weighted by atomic mass is 9.78. The molecule has 1 aromatic rings. The van der Waals surface area contributed by atoms with Crippen LogP contribution in [0, 0.1) is 11.3 Å². The summed E-state index contributed by atoms with van der Waals surface area (Å²) in [6.07, 6.45) is -0.817. The van der Waals surface area contributed by atoms with Gasteiger partial charge in [-0.15, -0.1) is 0 Å². The van der Waals surface area contributed by atoms with Gasteiger partial charge in [0, 0.05) is 5.41 Å². The van der Waals surface area contributed by atoms with Crippen molar-refractivity contribution in [3.8, 4) is 0 Å². The molecule has 2 amide bonds. The van der Waals surface area contributed by atoms with Crippen molar-refractivity contribution in [2.45, 2.75) is 27.2 Å². The van der Waals surface area contributed by atoms with E-state index in [1.807, 2.05) is 57.2 Å². The number of primary amides is 2. The number of hydrogen-bond acceptors (Lipinski definition) is 4. The molecule has 0 aliphatic heterocycles. The fraction of sp³-hybridized carbons (Fsp3) is 0.500. The molecule has 0 aliphatic carbocycles. The molecule has 124 valence electrons. The van der Waals surface area contributed by atoms with Gasteiger partial charge in [-0.2, -0.15) is 0 Å². The number of carbonyl (C=O) groups is 2. The lowest BCUT2D eigenvalue weighted by Crippen LogP contribution is -2.38. The predicted octanol–water partition coefficient (Wildman–Crippen LogP) is 2.92. The highest BCUT2D eigenvalue weighted by Crippen LogP contribution is 2.30. The average Bonchev–Trinajstić information content (AvgIpc) is 2.52. The molecule has 6 nitrogen and oxygen atoms in total. The Labute approximate surface area is 131 Å². The van der Waals surface area contributed by atoms with E-state index >= 15 is 0 Å². The molecule has 0 saturated carbocycles. The highest BCUT2D eigenvalue weighted by molar-refractivity contribution is 5.65. The highest BCUT2D eigenvalue weighted by Gasteiger charge is 2.33. The topological polar surface area (TPSA) is 105 Å². The van der Waals surface area contributed by atoms with E-state index in [1.54, 1.807) is 0 Å². The molecule has 6 heteroatoms. The van der Waals surface area contributed by atoms with Crippen molar-refractivity contribution < 1.29 is 19.1 Å². The zero-order valence-corrected chi connectivity index (χ0v) is 13.5. The van der Waals surface area contributed by atoms with Crippen LogP contribution in [0.5, 0.6) is 0 Å². The molecular formula is C16H26N2O4. The number of rotatable bonds is 6. The smallest absolute Gasteiger partial charge is 0.404 e. The minimum atomic E-state index is -0.839. The molecule has 1 atom stereocenters. The Morgan fingerprint density at radius 1 is 0.955 bits per heavy atom. The van der Waals surface area contributed by atoms with Gasteiger partial charge in [0.15, 0.2) is 0 Å². The van der Waals surface area contributed by atoms with E-state index in [1.165, 1.54) is 0 Å². The molecule has 0 aliphatic rings. The molecular weight excluding hydrogens is 284 g/mol. The van der Waals surface area contributed by atoms with Crippen molar-refractivity contribution in [3.63, 3.8) is 0 Å². The van der Waals surface area contributed by atoms with Crippen LogP contribution in [-0.2, 0) is 9.47 Å². The number of ether oxygens (including phenoxy) is 2. The van der Waals surface area contributed by atoms with E-state index in [2.05, 4.69) is 0 Å². The van der Waals surface area contributed by atoms with Crippen LogP contribution in [0.1, 0.15) is 27.2 Å². The van der Waals surface area contributed by atoms with Crippen molar-refractivity contribution in [2.75, 3.05) is 13.2 Å². The summed E-state index contributed by atoms with van der Waals surface area (Å²) in [4.78, 5) is 21.1. The first-order chi connectivity index (χ1) is 10.3. The first-order valence-corrected chi connectivity index (χ1v) is 7.16. The third kappa shape index (κ3) is 8.84. The Kier molecular flexibility index (Phi) is 9.41. The van der Waals surface area contributed by atoms with Crippen LogP contribution in [0.25, 0.3) is 0 Å². The summed E-state index contributed by atoms with van der Waals surface area (Å²) in [5.74, 6) is 0.200. The Morgan fingerprint density at radius 3 is 1.50 bits per heavy atom. The molecule has 4 N–H and O–H groups in total. The fourth-order valence-corrected chi connectivity index (χ4v) is 1.68. The summed E-state index contributed by atoms with van der Waals surface area (Å²) in [5, 5.41) is 0. The van der Waals surface area contributed by atoms with E-state index < -0.39 is 17.6 Å². The number of nitrogens with two attached hydrogens (primary N) is 2. The SMILES string of the molecule is CCC(C)C(C)(COC(N)=O)COC(N)=O.c1ccccc1. The lowest BCUT2D eigenvalue weighted by Gasteiger charge is -2.33. The van der Waals surface area contributed by atoms with Gasteiger partial charge in [-0.25, -0.2) is 9.59 Å². The first kappa shape index (κ1) is 19.8. The number of benzene rings is 1. The first-order valence-electron chi connectivity index (χ1n) is 7.16. The van der Waals surface area contributed by atoms with Crippen molar-refractivity contribution in [3.05, 3.63) is 36.4 Å². The van der Waals surface area contributed by atoms with Gasteiger partial charge in [-0.1, -0.05) is 63.6 Å². The minimum Gasteiger partial charge on any atom is -0.449 e. The minimum absolute atomic E-state index is 0.102. The molecule has 0 heterocycles. The Bertz CT molecular complexity index is 392. The van der Waals surface area contributed by atoms with E-state index in [0.29, 0.717) is 0 Å². The molecule has 0 saturated heterocycles. The molecule has 1 unspecified atom stereocenters. The van der Waals surface area contributed by atoms with Crippen LogP contribution in [0.4, 0.5) is 9.59 Å². The molecule has 1 aromatic carbocycles. The number of hydrogen-bond donors (Lipinski definition) is 2. The van der Waals surface area contributed by atoms with Crippen molar-refractivity contribution >= 4 is 12.2 Å². The molecule has 22 heavy (non-hydrogen) atoms. The second-order valence-electron chi connectivity index (χ2n) is 5.33. The van der Waals surface area contributed by atoms with Crippen LogP contribution in [0.2, 0.25) is 0 Å². The van der Waals surface area contributed by atoms with Gasteiger partial charge in [0.1, 0.15) is 13.2 Å². The van der Waals surface area contributed by atoms with Gasteiger partial charge in [0.25, 0.3) is 0 Å². The van der Waals surface area contributed by atoms with Crippen LogP contribution in [0.15, 0.2) is 36.4 Å². The van der Waals surface area contributed by atoms with Crippen molar-refractivity contribution in [1.29, 1.82) is 0 Å². The Hall–Kier alpha value is -2.24. The van der Waals surface area contributed by atoms with Crippen LogP contribution < -0.4 is 11.5 Å². The Balaban J connectivity index is 0.000000604. The van der Waals surface area contributed by atoms with Gasteiger partial charge in [0.05, 0.1) is 0 Å². The second-order valence-corrected chi connectivity index (χ2v) is 5.33. The van der Waals surface area contributed by atoms with E-state index in [9.17, 15) is 9.59 Å². The quantitative estimate of drug-likeness (QED) is 0.842. The van der Waals surface area contributed by atoms with Gasteiger partial charge in [-0.05, 0) is 5.92 Å². The standard InChI is InChI=1S/C10H20N2O4.C6H6/c1-4-7(2)10(3,5-15-8(11)13)6-16-9(12)14;1-2-4-6-5-3-1/h7H,4-6H2,1-3H3,(H2,11,13)(H2,12,14);1-6H. The lowest BCUT2D eigenvalue weighted by molar-refractivity contribution is 0.00795. The maximum Gasteiger partial charge on any atom is 0.404 e. The van der Waals surface area contributed by atoms with E-state index in [-0.39, 0.29) is 19.1 Å². The maximum atomic E-state index is 10.6. The summed E-state index contributed by atoms with van der Waals surface area (Å²) < 4.78 is 9.54. The highest BCUT2D eigenvalue weighted by atomic mass is 16.6. The zero-order chi connectivity index (χ0) is 17.0. The monoisotopic (exact) mass is 310 g/mol. The summed E-state index contributed by atoms with van der Waals surface area (Å²) in [6, 6.07) is 12.0. The maximum absolute atomic E-state index is 10.6. The van der Waals surface area contributed by atoms with Crippen molar-refractivity contribution in [1.82, 2.24) is 0 Å². The summed E-state index contributed by atoms with van der Waals surface area (Å²) in [5.41, 5.74) is 9.33. The van der Waals surface area contributed by atoms with Gasteiger partial charge >= 0.3 is 12.2 Å². The average molecular weight is 310 g/mol. The predicted molar refractivity (Wildman–Crippen MR) is 85.1 cm³/mol. The van der Waals surface area contributed by atoms with Crippen LogP contribution in [0.3, 0.4) is 0 Å². The molecule has 1 rings (SSSR count). The zero-order valence-electron chi connectivity index (χ0n) is 13.5. The van der Waals surface area contributed by atoms with Gasteiger partial charge < -0.3 is 20.9 Å². The van der Waals surface area contributed by atoms with Gasteiger partial charge in [-0.3, -0.25) is 0 Å². The van der Waals surface area contributed by atoms with Crippen LogP contribution >= 0.6 is 0 Å². The third-order valence-electron chi connectivity index (χ3n) is 3.56. The van der Waals surface area contributed by atoms with Crippen molar-refractivity contribution in [2.24, 2.45) is 22.8 Å². The summed E-state index contributed by atoms with van der Waals surface area (Å²) in [7, 11) is 0. The summed E-state index contributed by atoms with van der Waals surface area (Å²) >= 11 is 0. The second kappa shape index (κ2) is 10.5. The van der Waals surface area contributed by atoms with Gasteiger partial charge in [0.2, 0.25) is 0 Å².